The predicted octanol–water partition coefficient (Wildman–Crippen LogP) is 2.03. The van der Waals surface area contributed by atoms with E-state index in [1.807, 2.05) is 0 Å². The molecule has 0 amide bonds. The van der Waals surface area contributed by atoms with Crippen molar-refractivity contribution in [3.05, 3.63) is 35.4 Å². The molecule has 2 N–H and O–H groups in total. The van der Waals surface area contributed by atoms with Gasteiger partial charge in [-0.3, -0.25) is 0 Å². The molecule has 1 aromatic rings. The Kier molecular flexibility index (Phi) is 2.04. The summed E-state index contributed by atoms with van der Waals surface area (Å²) in [6, 6.07) is 4.09. The van der Waals surface area contributed by atoms with Crippen LogP contribution in [0, 0.1) is 17.6 Å². The summed E-state index contributed by atoms with van der Waals surface area (Å²) in [5, 5.41) is 0. The van der Waals surface area contributed by atoms with Gasteiger partial charge in [0.05, 0.1) is 0 Å². The Hall–Kier alpha value is -0.960. The lowest BCUT2D eigenvalue weighted by Gasteiger charge is -1.99. The minimum atomic E-state index is -0.784. The van der Waals surface area contributed by atoms with Crippen LogP contribution in [0.4, 0.5) is 8.78 Å². The number of hydrogen-bond donors (Lipinski definition) is 1. The first-order valence-electron chi connectivity index (χ1n) is 4.37. The number of halogens is 2. The molecule has 1 aliphatic carbocycles. The first-order valence-corrected chi connectivity index (χ1v) is 4.37. The largest absolute Gasteiger partial charge is 0.330 e. The maximum atomic E-state index is 12.8. The zero-order chi connectivity index (χ0) is 9.42. The van der Waals surface area contributed by atoms with Gasteiger partial charge in [-0.25, -0.2) is 8.78 Å². The summed E-state index contributed by atoms with van der Waals surface area (Å²) in [5.74, 6) is -0.737. The van der Waals surface area contributed by atoms with Crippen LogP contribution < -0.4 is 5.73 Å². The fourth-order valence-corrected chi connectivity index (χ4v) is 1.66. The molecule has 0 bridgehead atoms. The molecule has 70 valence electrons. The van der Waals surface area contributed by atoms with Gasteiger partial charge in [-0.15, -0.1) is 0 Å². The van der Waals surface area contributed by atoms with E-state index in [0.717, 1.165) is 12.0 Å². The van der Waals surface area contributed by atoms with E-state index in [9.17, 15) is 8.78 Å². The molecule has 1 aliphatic rings. The lowest BCUT2D eigenvalue weighted by atomic mass is 10.1. The molecular weight excluding hydrogens is 172 g/mol. The van der Waals surface area contributed by atoms with E-state index in [0.29, 0.717) is 18.4 Å². The summed E-state index contributed by atoms with van der Waals surface area (Å²) in [7, 11) is 0. The smallest absolute Gasteiger partial charge is 0.159 e. The van der Waals surface area contributed by atoms with Crippen molar-refractivity contribution in [2.45, 2.75) is 12.3 Å². The molecule has 0 heterocycles. The van der Waals surface area contributed by atoms with E-state index >= 15 is 0 Å². The van der Waals surface area contributed by atoms with Gasteiger partial charge in [-0.2, -0.15) is 0 Å². The maximum absolute atomic E-state index is 12.8. The van der Waals surface area contributed by atoms with Gasteiger partial charge < -0.3 is 5.73 Å². The predicted molar refractivity (Wildman–Crippen MR) is 46.3 cm³/mol. The Labute approximate surface area is 75.6 Å². The molecule has 13 heavy (non-hydrogen) atoms. The van der Waals surface area contributed by atoms with Gasteiger partial charge in [-0.1, -0.05) is 6.07 Å². The van der Waals surface area contributed by atoms with Crippen LogP contribution in [-0.4, -0.2) is 6.54 Å². The standard InChI is InChI=1S/C10H11F2N/c11-9-2-1-6(4-10(9)12)8-3-7(8)5-13/h1-2,4,7-8H,3,5,13H2/t7-,8+/m1/s1. The fourth-order valence-electron chi connectivity index (χ4n) is 1.66. The van der Waals surface area contributed by atoms with Crippen LogP contribution >= 0.6 is 0 Å². The Bertz CT molecular complexity index is 325. The second kappa shape index (κ2) is 3.07. The summed E-state index contributed by atoms with van der Waals surface area (Å²) < 4.78 is 25.4. The Morgan fingerprint density at radius 1 is 1.31 bits per heavy atom. The third-order valence-electron chi connectivity index (χ3n) is 2.60. The molecule has 0 spiro atoms. The van der Waals surface area contributed by atoms with Crippen molar-refractivity contribution in [2.75, 3.05) is 6.54 Å². The van der Waals surface area contributed by atoms with E-state index in [2.05, 4.69) is 0 Å². The average Bonchev–Trinajstić information content (AvgIpc) is 2.88. The van der Waals surface area contributed by atoms with Crippen LogP contribution in [0.15, 0.2) is 18.2 Å². The Balaban J connectivity index is 2.19. The zero-order valence-corrected chi connectivity index (χ0v) is 7.13. The van der Waals surface area contributed by atoms with Gasteiger partial charge in [0.2, 0.25) is 0 Å². The molecule has 1 fully saturated rings. The van der Waals surface area contributed by atoms with Gasteiger partial charge in [0, 0.05) is 0 Å². The Morgan fingerprint density at radius 2 is 2.08 bits per heavy atom. The van der Waals surface area contributed by atoms with E-state index in [1.165, 1.54) is 12.1 Å². The van der Waals surface area contributed by atoms with Crippen molar-refractivity contribution in [3.63, 3.8) is 0 Å². The van der Waals surface area contributed by atoms with Crippen LogP contribution in [0.25, 0.3) is 0 Å². The SMILES string of the molecule is NC[C@H]1C[C@H]1c1ccc(F)c(F)c1. The lowest BCUT2D eigenvalue weighted by Crippen LogP contribution is -2.02. The highest BCUT2D eigenvalue weighted by Crippen LogP contribution is 2.46. The highest BCUT2D eigenvalue weighted by atomic mass is 19.2. The molecule has 1 saturated carbocycles. The van der Waals surface area contributed by atoms with E-state index < -0.39 is 11.6 Å². The molecule has 0 unspecified atom stereocenters. The quantitative estimate of drug-likeness (QED) is 0.745. The summed E-state index contributed by atoms with van der Waals surface area (Å²) in [4.78, 5) is 0. The Morgan fingerprint density at radius 3 is 2.62 bits per heavy atom. The molecular formula is C10H11F2N. The second-order valence-electron chi connectivity index (χ2n) is 3.51. The van der Waals surface area contributed by atoms with Gasteiger partial charge in [0.25, 0.3) is 0 Å². The number of nitrogens with two attached hydrogens (primary N) is 1. The third-order valence-corrected chi connectivity index (χ3v) is 2.60. The van der Waals surface area contributed by atoms with Crippen LogP contribution in [0.5, 0.6) is 0 Å². The van der Waals surface area contributed by atoms with E-state index in [4.69, 9.17) is 5.73 Å². The van der Waals surface area contributed by atoms with Crippen molar-refractivity contribution in [1.29, 1.82) is 0 Å². The molecule has 1 nitrogen and oxygen atoms in total. The zero-order valence-electron chi connectivity index (χ0n) is 7.13. The lowest BCUT2D eigenvalue weighted by molar-refractivity contribution is 0.507. The highest BCUT2D eigenvalue weighted by Gasteiger charge is 2.37. The summed E-state index contributed by atoms with van der Waals surface area (Å²) in [6.45, 7) is 0.629. The molecule has 0 aromatic heterocycles. The molecule has 2 atom stereocenters. The maximum Gasteiger partial charge on any atom is 0.159 e. The third kappa shape index (κ3) is 1.56. The first-order chi connectivity index (χ1) is 6.22. The topological polar surface area (TPSA) is 26.0 Å². The van der Waals surface area contributed by atoms with Crippen molar-refractivity contribution in [3.8, 4) is 0 Å². The van der Waals surface area contributed by atoms with Crippen LogP contribution in [0.1, 0.15) is 17.9 Å². The molecule has 3 heteroatoms. The summed E-state index contributed by atoms with van der Waals surface area (Å²) in [6.07, 6.45) is 1.00. The van der Waals surface area contributed by atoms with Crippen LogP contribution in [-0.2, 0) is 0 Å². The molecule has 0 saturated heterocycles. The summed E-state index contributed by atoms with van der Waals surface area (Å²) in [5.41, 5.74) is 6.33. The van der Waals surface area contributed by atoms with Gasteiger partial charge >= 0.3 is 0 Å². The average molecular weight is 183 g/mol. The van der Waals surface area contributed by atoms with Crippen LogP contribution in [0.3, 0.4) is 0 Å². The monoisotopic (exact) mass is 183 g/mol. The normalized spacial score (nSPS) is 26.1. The highest BCUT2D eigenvalue weighted by molar-refractivity contribution is 5.27. The second-order valence-corrected chi connectivity index (χ2v) is 3.51. The van der Waals surface area contributed by atoms with Gasteiger partial charge in [-0.05, 0) is 42.5 Å². The van der Waals surface area contributed by atoms with Crippen molar-refractivity contribution in [1.82, 2.24) is 0 Å². The van der Waals surface area contributed by atoms with E-state index in [1.54, 1.807) is 6.07 Å². The van der Waals surface area contributed by atoms with Crippen molar-refractivity contribution >= 4 is 0 Å². The van der Waals surface area contributed by atoms with Crippen molar-refractivity contribution < 1.29 is 8.78 Å². The molecule has 0 radical (unpaired) electrons. The van der Waals surface area contributed by atoms with E-state index in [-0.39, 0.29) is 0 Å². The van der Waals surface area contributed by atoms with Gasteiger partial charge in [0.1, 0.15) is 0 Å². The van der Waals surface area contributed by atoms with Crippen LogP contribution in [0.2, 0.25) is 0 Å². The number of hydrogen-bond acceptors (Lipinski definition) is 1. The number of rotatable bonds is 2. The van der Waals surface area contributed by atoms with Gasteiger partial charge in [0.15, 0.2) is 11.6 Å². The minimum Gasteiger partial charge on any atom is -0.330 e. The molecule has 0 aliphatic heterocycles. The molecule has 1 aromatic carbocycles. The minimum absolute atomic E-state index is 0.347. The summed E-state index contributed by atoms with van der Waals surface area (Å²) >= 11 is 0. The fraction of sp³-hybridized carbons (Fsp3) is 0.400. The van der Waals surface area contributed by atoms with Crippen molar-refractivity contribution in [2.24, 2.45) is 11.7 Å². The number of benzene rings is 1. The first kappa shape index (κ1) is 8.63. The molecule has 2 rings (SSSR count).